The fraction of sp³-hybridized carbons (Fsp3) is 0. The van der Waals surface area contributed by atoms with Crippen LogP contribution in [0.1, 0.15) is 5.56 Å². The number of nitrogens with zero attached hydrogens (tertiary/aromatic N) is 1. The lowest BCUT2D eigenvalue weighted by Gasteiger charge is -2.03. The monoisotopic (exact) mass is 294 g/mol. The molecule has 0 saturated heterocycles. The molecule has 23 heavy (non-hydrogen) atoms. The van der Waals surface area contributed by atoms with Crippen molar-refractivity contribution in [3.8, 4) is 28.5 Å². The fourth-order valence-electron chi connectivity index (χ4n) is 2.83. The van der Waals surface area contributed by atoms with E-state index in [-0.39, 0.29) is 0 Å². The average Bonchev–Trinajstić information content (AvgIpc) is 3.05. The van der Waals surface area contributed by atoms with Gasteiger partial charge in [0.15, 0.2) is 0 Å². The third-order valence-corrected chi connectivity index (χ3v) is 4.05. The fourth-order valence-corrected chi connectivity index (χ4v) is 2.83. The van der Waals surface area contributed by atoms with Crippen molar-refractivity contribution in [2.75, 3.05) is 0 Å². The number of hydrogen-bond acceptors (Lipinski definition) is 1. The molecule has 2 heteroatoms. The lowest BCUT2D eigenvalue weighted by atomic mass is 10.0. The van der Waals surface area contributed by atoms with Crippen LogP contribution >= 0.6 is 0 Å². The van der Waals surface area contributed by atoms with Gasteiger partial charge in [0, 0.05) is 16.6 Å². The van der Waals surface area contributed by atoms with Gasteiger partial charge in [-0.15, -0.1) is 0 Å². The van der Waals surface area contributed by atoms with E-state index in [0.717, 1.165) is 22.2 Å². The molecular formula is C21H14N2. The van der Waals surface area contributed by atoms with Gasteiger partial charge in [-0.1, -0.05) is 54.6 Å². The van der Waals surface area contributed by atoms with Crippen LogP contribution in [0.5, 0.6) is 0 Å². The highest BCUT2D eigenvalue weighted by Crippen LogP contribution is 2.27. The van der Waals surface area contributed by atoms with Crippen LogP contribution in [-0.2, 0) is 0 Å². The zero-order valence-corrected chi connectivity index (χ0v) is 12.5. The van der Waals surface area contributed by atoms with Crippen LogP contribution in [0.15, 0.2) is 78.9 Å². The van der Waals surface area contributed by atoms with Crippen molar-refractivity contribution in [2.45, 2.75) is 0 Å². The highest BCUT2D eigenvalue weighted by molar-refractivity contribution is 5.87. The number of nitriles is 1. The number of H-pyrrole nitrogens is 1. The van der Waals surface area contributed by atoms with Gasteiger partial charge >= 0.3 is 0 Å². The zero-order valence-electron chi connectivity index (χ0n) is 12.5. The maximum absolute atomic E-state index is 9.00. The maximum Gasteiger partial charge on any atom is 0.0991 e. The maximum atomic E-state index is 9.00. The Labute approximate surface area is 134 Å². The van der Waals surface area contributed by atoms with Gasteiger partial charge in [-0.25, -0.2) is 0 Å². The van der Waals surface area contributed by atoms with Gasteiger partial charge in [0.25, 0.3) is 0 Å². The summed E-state index contributed by atoms with van der Waals surface area (Å²) >= 11 is 0. The molecule has 0 atom stereocenters. The van der Waals surface area contributed by atoms with Crippen LogP contribution in [0.3, 0.4) is 0 Å². The topological polar surface area (TPSA) is 39.6 Å². The first-order chi connectivity index (χ1) is 11.3. The molecule has 0 aliphatic heterocycles. The van der Waals surface area contributed by atoms with Gasteiger partial charge in [-0.05, 0) is 41.0 Å². The van der Waals surface area contributed by atoms with E-state index in [2.05, 4.69) is 53.5 Å². The Morgan fingerprint density at radius 2 is 1.39 bits per heavy atom. The summed E-state index contributed by atoms with van der Waals surface area (Å²) in [5.74, 6) is 0. The van der Waals surface area contributed by atoms with Gasteiger partial charge in [-0.2, -0.15) is 5.26 Å². The van der Waals surface area contributed by atoms with Crippen LogP contribution in [0.4, 0.5) is 0 Å². The number of rotatable bonds is 2. The second-order valence-electron chi connectivity index (χ2n) is 5.54. The van der Waals surface area contributed by atoms with Crippen LogP contribution in [0.2, 0.25) is 0 Å². The Balaban J connectivity index is 1.72. The summed E-state index contributed by atoms with van der Waals surface area (Å²) in [6.45, 7) is 0. The molecule has 0 saturated carbocycles. The third kappa shape index (κ3) is 2.49. The molecule has 0 unspecified atom stereocenters. The second kappa shape index (κ2) is 5.47. The third-order valence-electron chi connectivity index (χ3n) is 4.05. The minimum absolute atomic E-state index is 0.683. The Kier molecular flexibility index (Phi) is 3.18. The summed E-state index contributed by atoms with van der Waals surface area (Å²) in [5.41, 5.74) is 6.36. The van der Waals surface area contributed by atoms with E-state index < -0.39 is 0 Å². The number of nitrogens with one attached hydrogen (secondary N) is 1. The first kappa shape index (κ1) is 13.4. The van der Waals surface area contributed by atoms with Gasteiger partial charge < -0.3 is 4.98 Å². The van der Waals surface area contributed by atoms with Gasteiger partial charge in [-0.3, -0.25) is 0 Å². The van der Waals surface area contributed by atoms with Gasteiger partial charge in [0.2, 0.25) is 0 Å². The molecule has 3 aromatic carbocycles. The van der Waals surface area contributed by atoms with E-state index in [1.165, 1.54) is 11.1 Å². The molecule has 4 rings (SSSR count). The Bertz CT molecular complexity index is 1000. The standard InChI is InChI=1S/C21H14N2/c22-14-15-6-11-20-19(12-15)13-21(23-20)18-9-7-17(8-10-18)16-4-2-1-3-5-16/h1-13,23H. The number of fused-ring (bicyclic) bond motifs is 1. The SMILES string of the molecule is N#Cc1ccc2[nH]c(-c3ccc(-c4ccccc4)cc3)cc2c1. The van der Waals surface area contributed by atoms with Crippen LogP contribution in [0.25, 0.3) is 33.3 Å². The van der Waals surface area contributed by atoms with E-state index in [9.17, 15) is 0 Å². The highest BCUT2D eigenvalue weighted by atomic mass is 14.7. The average molecular weight is 294 g/mol. The zero-order chi connectivity index (χ0) is 15.6. The molecule has 2 nitrogen and oxygen atoms in total. The Morgan fingerprint density at radius 1 is 0.696 bits per heavy atom. The molecule has 0 amide bonds. The van der Waals surface area contributed by atoms with Crippen molar-refractivity contribution in [3.63, 3.8) is 0 Å². The van der Waals surface area contributed by atoms with Crippen molar-refractivity contribution < 1.29 is 0 Å². The summed E-state index contributed by atoms with van der Waals surface area (Å²) in [5, 5.41) is 10.1. The van der Waals surface area contributed by atoms with Crippen LogP contribution in [-0.4, -0.2) is 4.98 Å². The summed E-state index contributed by atoms with van der Waals surface area (Å²) in [7, 11) is 0. The molecule has 4 aromatic rings. The summed E-state index contributed by atoms with van der Waals surface area (Å²) < 4.78 is 0. The predicted molar refractivity (Wildman–Crippen MR) is 93.9 cm³/mol. The lowest BCUT2D eigenvalue weighted by Crippen LogP contribution is -1.79. The molecule has 1 aromatic heterocycles. The minimum atomic E-state index is 0.683. The van der Waals surface area contributed by atoms with E-state index in [0.29, 0.717) is 5.56 Å². The van der Waals surface area contributed by atoms with E-state index in [1.54, 1.807) is 0 Å². The quantitative estimate of drug-likeness (QED) is 0.530. The van der Waals surface area contributed by atoms with Crippen LogP contribution < -0.4 is 0 Å². The van der Waals surface area contributed by atoms with Crippen molar-refractivity contribution >= 4 is 10.9 Å². The van der Waals surface area contributed by atoms with Crippen LogP contribution in [0, 0.1) is 11.3 Å². The van der Waals surface area contributed by atoms with Gasteiger partial charge in [0.05, 0.1) is 11.6 Å². The second-order valence-corrected chi connectivity index (χ2v) is 5.54. The Hall–Kier alpha value is -3.31. The van der Waals surface area contributed by atoms with Gasteiger partial charge in [0.1, 0.15) is 0 Å². The Morgan fingerprint density at radius 3 is 2.13 bits per heavy atom. The summed E-state index contributed by atoms with van der Waals surface area (Å²) in [6.07, 6.45) is 0. The molecule has 0 fully saturated rings. The van der Waals surface area contributed by atoms with E-state index in [1.807, 2.05) is 36.4 Å². The molecule has 1 heterocycles. The molecular weight excluding hydrogens is 280 g/mol. The van der Waals surface area contributed by atoms with Crippen molar-refractivity contribution in [2.24, 2.45) is 0 Å². The van der Waals surface area contributed by atoms with E-state index in [4.69, 9.17) is 5.26 Å². The predicted octanol–water partition coefficient (Wildman–Crippen LogP) is 5.37. The smallest absolute Gasteiger partial charge is 0.0991 e. The molecule has 0 radical (unpaired) electrons. The molecule has 0 aliphatic rings. The number of benzene rings is 3. The number of hydrogen-bond donors (Lipinski definition) is 1. The van der Waals surface area contributed by atoms with E-state index >= 15 is 0 Å². The molecule has 1 N–H and O–H groups in total. The largest absolute Gasteiger partial charge is 0.355 e. The lowest BCUT2D eigenvalue weighted by molar-refractivity contribution is 1.45. The normalized spacial score (nSPS) is 10.6. The molecule has 108 valence electrons. The number of aromatic nitrogens is 1. The molecule has 0 aliphatic carbocycles. The minimum Gasteiger partial charge on any atom is -0.355 e. The summed E-state index contributed by atoms with van der Waals surface area (Å²) in [6, 6.07) is 28.8. The molecule has 0 bridgehead atoms. The first-order valence-electron chi connectivity index (χ1n) is 7.52. The molecule has 0 spiro atoms. The highest BCUT2D eigenvalue weighted by Gasteiger charge is 2.05. The first-order valence-corrected chi connectivity index (χ1v) is 7.52. The summed E-state index contributed by atoms with van der Waals surface area (Å²) in [4.78, 5) is 3.41. The van der Waals surface area contributed by atoms with Crippen molar-refractivity contribution in [1.82, 2.24) is 4.98 Å². The van der Waals surface area contributed by atoms with Crippen molar-refractivity contribution in [1.29, 1.82) is 5.26 Å². The number of aromatic amines is 1. The van der Waals surface area contributed by atoms with Crippen molar-refractivity contribution in [3.05, 3.63) is 84.4 Å².